The monoisotopic (exact) mass is 314 g/mol. The molecule has 2 fully saturated rings. The fourth-order valence-electron chi connectivity index (χ4n) is 4.21. The van der Waals surface area contributed by atoms with E-state index in [2.05, 4.69) is 40.3 Å². The summed E-state index contributed by atoms with van der Waals surface area (Å²) < 4.78 is 1.29. The van der Waals surface area contributed by atoms with Gasteiger partial charge in [0.15, 0.2) is 0 Å². The maximum Gasteiger partial charge on any atom is 0.228 e. The normalized spacial score (nSPS) is 27.7. The van der Waals surface area contributed by atoms with E-state index in [1.165, 1.54) is 34.9 Å². The summed E-state index contributed by atoms with van der Waals surface area (Å²) in [5.41, 5.74) is 1.09. The molecule has 1 saturated carbocycles. The number of hydrogen-bond donors (Lipinski definition) is 2. The lowest BCUT2D eigenvalue weighted by atomic mass is 9.67. The standard InChI is InChI=1S/C18H22N2OS/c21-17(18-8-4-3-5-14(18)10-19-12-18)20-9-13-11-22-16-7-2-1-6-15(13)16/h1-2,6-7,11,14,19H,3-5,8-10,12H2,(H,20,21)/t14-,18+/m0/s1. The number of carbonyl (C=O) groups is 1. The van der Waals surface area contributed by atoms with Crippen molar-refractivity contribution in [3.63, 3.8) is 0 Å². The summed E-state index contributed by atoms with van der Waals surface area (Å²) in [6.07, 6.45) is 4.70. The molecule has 3 nitrogen and oxygen atoms in total. The van der Waals surface area contributed by atoms with E-state index in [0.717, 1.165) is 19.5 Å². The van der Waals surface area contributed by atoms with Crippen molar-refractivity contribution in [1.29, 1.82) is 0 Å². The highest BCUT2D eigenvalue weighted by Crippen LogP contribution is 2.44. The number of carbonyl (C=O) groups excluding carboxylic acids is 1. The van der Waals surface area contributed by atoms with E-state index in [4.69, 9.17) is 0 Å². The molecule has 1 saturated heterocycles. The molecule has 116 valence electrons. The smallest absolute Gasteiger partial charge is 0.228 e. The van der Waals surface area contributed by atoms with Crippen molar-refractivity contribution < 1.29 is 4.79 Å². The van der Waals surface area contributed by atoms with Crippen LogP contribution in [0.2, 0.25) is 0 Å². The second kappa shape index (κ2) is 5.67. The van der Waals surface area contributed by atoms with E-state index in [0.29, 0.717) is 12.5 Å². The van der Waals surface area contributed by atoms with Crippen LogP contribution in [-0.2, 0) is 11.3 Å². The summed E-state index contributed by atoms with van der Waals surface area (Å²) in [4.78, 5) is 12.9. The lowest BCUT2D eigenvalue weighted by molar-refractivity contribution is -0.134. The molecule has 22 heavy (non-hydrogen) atoms. The van der Waals surface area contributed by atoms with E-state index in [9.17, 15) is 4.79 Å². The molecular weight excluding hydrogens is 292 g/mol. The maximum absolute atomic E-state index is 12.9. The van der Waals surface area contributed by atoms with Crippen LogP contribution in [0.3, 0.4) is 0 Å². The topological polar surface area (TPSA) is 41.1 Å². The minimum Gasteiger partial charge on any atom is -0.351 e. The SMILES string of the molecule is O=C(NCc1csc2ccccc12)[C@@]12CCCC[C@H]1CNC2. The summed E-state index contributed by atoms with van der Waals surface area (Å²) in [5, 5.41) is 10.1. The van der Waals surface area contributed by atoms with Crippen LogP contribution in [-0.4, -0.2) is 19.0 Å². The zero-order chi connectivity index (χ0) is 15.0. The molecule has 2 heterocycles. The number of benzene rings is 1. The second-order valence-electron chi connectivity index (χ2n) is 6.67. The minimum absolute atomic E-state index is 0.149. The number of amides is 1. The van der Waals surface area contributed by atoms with Crippen molar-refractivity contribution in [2.24, 2.45) is 11.3 Å². The zero-order valence-electron chi connectivity index (χ0n) is 12.7. The molecule has 1 aromatic heterocycles. The molecular formula is C18H22N2OS. The van der Waals surface area contributed by atoms with Gasteiger partial charge >= 0.3 is 0 Å². The first kappa shape index (κ1) is 14.2. The predicted molar refractivity (Wildman–Crippen MR) is 90.9 cm³/mol. The first-order valence-corrected chi connectivity index (χ1v) is 9.12. The Hall–Kier alpha value is -1.39. The maximum atomic E-state index is 12.9. The summed E-state index contributed by atoms with van der Waals surface area (Å²) in [6.45, 7) is 2.51. The van der Waals surface area contributed by atoms with E-state index >= 15 is 0 Å². The third-order valence-electron chi connectivity index (χ3n) is 5.49. The molecule has 1 aliphatic heterocycles. The summed E-state index contributed by atoms with van der Waals surface area (Å²) >= 11 is 1.76. The molecule has 1 amide bonds. The van der Waals surface area contributed by atoms with Gasteiger partial charge in [0.25, 0.3) is 0 Å². The Kier molecular flexibility index (Phi) is 3.66. The van der Waals surface area contributed by atoms with Gasteiger partial charge in [-0.25, -0.2) is 0 Å². The number of hydrogen-bond acceptors (Lipinski definition) is 3. The van der Waals surface area contributed by atoms with Crippen molar-refractivity contribution in [1.82, 2.24) is 10.6 Å². The van der Waals surface area contributed by atoms with Crippen LogP contribution in [0.4, 0.5) is 0 Å². The van der Waals surface area contributed by atoms with Crippen LogP contribution < -0.4 is 10.6 Å². The Morgan fingerprint density at radius 1 is 1.36 bits per heavy atom. The lowest BCUT2D eigenvalue weighted by Gasteiger charge is -2.37. The predicted octanol–water partition coefficient (Wildman–Crippen LogP) is 3.30. The van der Waals surface area contributed by atoms with Crippen molar-refractivity contribution in [3.05, 3.63) is 35.2 Å². The molecule has 2 atom stereocenters. The molecule has 2 N–H and O–H groups in total. The van der Waals surface area contributed by atoms with Gasteiger partial charge in [-0.15, -0.1) is 11.3 Å². The average molecular weight is 314 g/mol. The van der Waals surface area contributed by atoms with Crippen LogP contribution in [0.5, 0.6) is 0 Å². The lowest BCUT2D eigenvalue weighted by Crippen LogP contribution is -2.47. The number of rotatable bonds is 3. The van der Waals surface area contributed by atoms with E-state index in [1.807, 2.05) is 0 Å². The fraction of sp³-hybridized carbons (Fsp3) is 0.500. The highest BCUT2D eigenvalue weighted by atomic mass is 32.1. The van der Waals surface area contributed by atoms with Crippen LogP contribution in [0.15, 0.2) is 29.6 Å². The van der Waals surface area contributed by atoms with Crippen molar-refractivity contribution in [2.45, 2.75) is 32.2 Å². The Morgan fingerprint density at radius 3 is 3.23 bits per heavy atom. The van der Waals surface area contributed by atoms with Crippen LogP contribution in [0.25, 0.3) is 10.1 Å². The van der Waals surface area contributed by atoms with Crippen molar-refractivity contribution in [3.8, 4) is 0 Å². The largest absolute Gasteiger partial charge is 0.351 e. The molecule has 4 rings (SSSR count). The van der Waals surface area contributed by atoms with Gasteiger partial charge in [0.05, 0.1) is 5.41 Å². The molecule has 1 aliphatic carbocycles. The Bertz CT molecular complexity index is 695. The highest BCUT2D eigenvalue weighted by Gasteiger charge is 2.49. The van der Waals surface area contributed by atoms with Gasteiger partial charge in [-0.1, -0.05) is 31.0 Å². The third-order valence-corrected chi connectivity index (χ3v) is 6.50. The first-order valence-electron chi connectivity index (χ1n) is 8.24. The Labute approximate surface area is 135 Å². The van der Waals surface area contributed by atoms with Gasteiger partial charge in [0.2, 0.25) is 5.91 Å². The van der Waals surface area contributed by atoms with Gasteiger partial charge in [0.1, 0.15) is 0 Å². The van der Waals surface area contributed by atoms with Gasteiger partial charge in [-0.05, 0) is 47.7 Å². The molecule has 1 aromatic carbocycles. The Balaban J connectivity index is 1.50. The first-order chi connectivity index (χ1) is 10.8. The molecule has 2 aliphatic rings. The van der Waals surface area contributed by atoms with E-state index < -0.39 is 0 Å². The zero-order valence-corrected chi connectivity index (χ0v) is 13.5. The van der Waals surface area contributed by atoms with Crippen molar-refractivity contribution in [2.75, 3.05) is 13.1 Å². The summed E-state index contributed by atoms with van der Waals surface area (Å²) in [5.74, 6) is 0.790. The third kappa shape index (κ3) is 2.25. The molecule has 4 heteroatoms. The molecule has 0 unspecified atom stereocenters. The number of fused-ring (bicyclic) bond motifs is 2. The van der Waals surface area contributed by atoms with Crippen LogP contribution in [0, 0.1) is 11.3 Å². The molecule has 0 radical (unpaired) electrons. The van der Waals surface area contributed by atoms with Crippen molar-refractivity contribution >= 4 is 27.3 Å². The van der Waals surface area contributed by atoms with E-state index in [1.54, 1.807) is 11.3 Å². The number of nitrogens with one attached hydrogen (secondary N) is 2. The van der Waals surface area contributed by atoms with Crippen LogP contribution in [0.1, 0.15) is 31.2 Å². The summed E-state index contributed by atoms with van der Waals surface area (Å²) in [7, 11) is 0. The van der Waals surface area contributed by atoms with Gasteiger partial charge in [-0.3, -0.25) is 4.79 Å². The molecule has 2 aromatic rings. The van der Waals surface area contributed by atoms with Crippen LogP contribution >= 0.6 is 11.3 Å². The second-order valence-corrected chi connectivity index (χ2v) is 7.58. The van der Waals surface area contributed by atoms with Gasteiger partial charge in [-0.2, -0.15) is 0 Å². The van der Waals surface area contributed by atoms with Gasteiger partial charge < -0.3 is 10.6 Å². The number of thiophene rings is 1. The Morgan fingerprint density at radius 2 is 2.27 bits per heavy atom. The highest BCUT2D eigenvalue weighted by molar-refractivity contribution is 7.17. The average Bonchev–Trinajstić information content (AvgIpc) is 3.17. The summed E-state index contributed by atoms with van der Waals surface area (Å²) in [6, 6.07) is 8.42. The molecule has 0 spiro atoms. The quantitative estimate of drug-likeness (QED) is 0.913. The molecule has 0 bridgehead atoms. The van der Waals surface area contributed by atoms with Gasteiger partial charge in [0, 0.05) is 17.8 Å². The fourth-order valence-corrected chi connectivity index (χ4v) is 5.17. The van der Waals surface area contributed by atoms with E-state index in [-0.39, 0.29) is 11.3 Å². The minimum atomic E-state index is -0.149.